The molecule has 4 nitrogen and oxygen atoms in total. The number of nitrogens with zero attached hydrogens (tertiary/aromatic N) is 1. The van der Waals surface area contributed by atoms with Gasteiger partial charge in [0.1, 0.15) is 5.92 Å². The lowest BCUT2D eigenvalue weighted by Crippen LogP contribution is -2.35. The van der Waals surface area contributed by atoms with E-state index in [9.17, 15) is 9.59 Å². The van der Waals surface area contributed by atoms with Crippen LogP contribution < -0.4 is 10.4 Å². The normalized spacial score (nSPS) is 20.2. The third kappa shape index (κ3) is 2.54. The van der Waals surface area contributed by atoms with Gasteiger partial charge in [-0.25, -0.2) is 5.01 Å². The van der Waals surface area contributed by atoms with E-state index in [1.165, 1.54) is 5.01 Å². The summed E-state index contributed by atoms with van der Waals surface area (Å²) in [6.45, 7) is 1.72. The Morgan fingerprint density at radius 3 is 2.67 bits per heavy atom. The summed E-state index contributed by atoms with van der Waals surface area (Å²) in [6.07, 6.45) is 2.00. The Labute approximate surface area is 110 Å². The van der Waals surface area contributed by atoms with Gasteiger partial charge in [0.05, 0.1) is 5.69 Å². The zero-order valence-corrected chi connectivity index (χ0v) is 10.6. The van der Waals surface area contributed by atoms with Gasteiger partial charge in [-0.05, 0) is 25.5 Å². The average molecular weight is 265 g/mol. The summed E-state index contributed by atoms with van der Waals surface area (Å²) in [5.74, 6) is -1.24. The first-order valence-corrected chi connectivity index (χ1v) is 5.99. The maximum atomic E-state index is 12.1. The van der Waals surface area contributed by atoms with Crippen LogP contribution in [0.3, 0.4) is 0 Å². The first kappa shape index (κ1) is 12.6. The van der Waals surface area contributed by atoms with Crippen LogP contribution in [0.1, 0.15) is 13.3 Å². The number of allylic oxidation sites excluding steroid dienone is 2. The van der Waals surface area contributed by atoms with E-state index in [0.29, 0.717) is 17.1 Å². The molecule has 1 aliphatic heterocycles. The van der Waals surface area contributed by atoms with Gasteiger partial charge < -0.3 is 0 Å². The molecule has 1 atom stereocenters. The van der Waals surface area contributed by atoms with Crippen molar-refractivity contribution in [2.24, 2.45) is 5.92 Å². The molecular weight excluding hydrogens is 252 g/mol. The van der Waals surface area contributed by atoms with Crippen LogP contribution in [0.5, 0.6) is 0 Å². The van der Waals surface area contributed by atoms with Crippen LogP contribution in [0.4, 0.5) is 5.69 Å². The Hall–Kier alpha value is -1.81. The SMILES string of the molecule is C/C(Cl)=C/CC1C(=O)NN(c2ccccc2)C1=O. The maximum Gasteiger partial charge on any atom is 0.258 e. The molecule has 0 saturated carbocycles. The fourth-order valence-corrected chi connectivity index (χ4v) is 1.86. The van der Waals surface area contributed by atoms with Crippen molar-refractivity contribution in [3.8, 4) is 0 Å². The Kier molecular flexibility index (Phi) is 3.67. The molecule has 1 unspecified atom stereocenters. The summed E-state index contributed by atoms with van der Waals surface area (Å²) >= 11 is 5.71. The van der Waals surface area contributed by atoms with E-state index < -0.39 is 5.92 Å². The smallest absolute Gasteiger partial charge is 0.258 e. The maximum absolute atomic E-state index is 12.1. The number of carbonyl (C=O) groups excluding carboxylic acids is 2. The number of anilines is 1. The van der Waals surface area contributed by atoms with Crippen molar-refractivity contribution < 1.29 is 9.59 Å². The molecular formula is C13H13ClN2O2. The lowest BCUT2D eigenvalue weighted by molar-refractivity contribution is -0.127. The van der Waals surface area contributed by atoms with E-state index in [0.717, 1.165) is 0 Å². The molecule has 5 heteroatoms. The van der Waals surface area contributed by atoms with Crippen molar-refractivity contribution in [1.82, 2.24) is 5.43 Å². The predicted molar refractivity (Wildman–Crippen MR) is 69.8 cm³/mol. The number of para-hydroxylation sites is 1. The summed E-state index contributed by atoms with van der Waals surface area (Å²) in [6, 6.07) is 9.01. The minimum atomic E-state index is -0.695. The monoisotopic (exact) mass is 264 g/mol. The molecule has 0 radical (unpaired) electrons. The minimum Gasteiger partial charge on any atom is -0.272 e. The standard InChI is InChI=1S/C13H13ClN2O2/c1-9(14)7-8-11-12(17)15-16(13(11)18)10-5-3-2-4-6-10/h2-7,11H,8H2,1H3,(H,15,17)/b9-7-. The van der Waals surface area contributed by atoms with Crippen molar-refractivity contribution >= 4 is 29.1 Å². The van der Waals surface area contributed by atoms with E-state index in [1.807, 2.05) is 18.2 Å². The predicted octanol–water partition coefficient (Wildman–Crippen LogP) is 2.21. The molecule has 1 aromatic rings. The van der Waals surface area contributed by atoms with Gasteiger partial charge in [0.15, 0.2) is 0 Å². The number of hydrogen-bond acceptors (Lipinski definition) is 2. The summed E-state index contributed by atoms with van der Waals surface area (Å²) in [5.41, 5.74) is 3.22. The van der Waals surface area contributed by atoms with Crippen LogP contribution >= 0.6 is 11.6 Å². The highest BCUT2D eigenvalue weighted by Gasteiger charge is 2.39. The number of rotatable bonds is 3. The van der Waals surface area contributed by atoms with Gasteiger partial charge in [0, 0.05) is 5.03 Å². The van der Waals surface area contributed by atoms with E-state index in [2.05, 4.69) is 5.43 Å². The van der Waals surface area contributed by atoms with Gasteiger partial charge in [-0.3, -0.25) is 15.0 Å². The van der Waals surface area contributed by atoms with Crippen molar-refractivity contribution in [2.45, 2.75) is 13.3 Å². The first-order chi connectivity index (χ1) is 8.59. The third-order valence-corrected chi connectivity index (χ3v) is 2.86. The van der Waals surface area contributed by atoms with Gasteiger partial charge in [0.25, 0.3) is 11.8 Å². The molecule has 1 fully saturated rings. The quantitative estimate of drug-likeness (QED) is 0.851. The highest BCUT2D eigenvalue weighted by Crippen LogP contribution is 2.22. The zero-order valence-electron chi connectivity index (χ0n) is 9.89. The number of nitrogens with one attached hydrogen (secondary N) is 1. The molecule has 94 valence electrons. The van der Waals surface area contributed by atoms with Crippen LogP contribution in [0.2, 0.25) is 0 Å². The molecule has 0 aromatic heterocycles. The molecule has 0 bridgehead atoms. The van der Waals surface area contributed by atoms with E-state index in [1.54, 1.807) is 25.1 Å². The molecule has 0 aliphatic carbocycles. The van der Waals surface area contributed by atoms with E-state index >= 15 is 0 Å². The number of amides is 2. The fourth-order valence-electron chi connectivity index (χ4n) is 1.77. The largest absolute Gasteiger partial charge is 0.272 e. The van der Waals surface area contributed by atoms with Gasteiger partial charge in [-0.2, -0.15) is 0 Å². The molecule has 2 rings (SSSR count). The van der Waals surface area contributed by atoms with Gasteiger partial charge in [-0.15, -0.1) is 0 Å². The van der Waals surface area contributed by atoms with Crippen LogP contribution in [0.15, 0.2) is 41.4 Å². The van der Waals surface area contributed by atoms with Crippen LogP contribution in [-0.2, 0) is 9.59 Å². The highest BCUT2D eigenvalue weighted by molar-refractivity contribution is 6.29. The zero-order chi connectivity index (χ0) is 13.1. The van der Waals surface area contributed by atoms with Crippen molar-refractivity contribution in [3.63, 3.8) is 0 Å². The van der Waals surface area contributed by atoms with Crippen molar-refractivity contribution in [1.29, 1.82) is 0 Å². The Morgan fingerprint density at radius 1 is 1.39 bits per heavy atom. The minimum absolute atomic E-state index is 0.250. The molecule has 1 heterocycles. The van der Waals surface area contributed by atoms with Crippen molar-refractivity contribution in [3.05, 3.63) is 41.4 Å². The van der Waals surface area contributed by atoms with Crippen LogP contribution in [0.25, 0.3) is 0 Å². The summed E-state index contributed by atoms with van der Waals surface area (Å²) < 4.78 is 0. The second-order valence-electron chi connectivity index (χ2n) is 4.06. The molecule has 1 saturated heterocycles. The number of hydrazine groups is 1. The lowest BCUT2D eigenvalue weighted by atomic mass is 10.1. The Morgan fingerprint density at radius 2 is 2.06 bits per heavy atom. The Bertz CT molecular complexity index is 495. The van der Waals surface area contributed by atoms with E-state index in [4.69, 9.17) is 11.6 Å². The molecule has 18 heavy (non-hydrogen) atoms. The second-order valence-corrected chi connectivity index (χ2v) is 4.66. The summed E-state index contributed by atoms with van der Waals surface area (Å²) in [5, 5.41) is 1.86. The molecule has 0 spiro atoms. The second kappa shape index (κ2) is 5.23. The number of benzene rings is 1. The average Bonchev–Trinajstić information content (AvgIpc) is 2.63. The topological polar surface area (TPSA) is 49.4 Å². The Balaban J connectivity index is 2.17. The highest BCUT2D eigenvalue weighted by atomic mass is 35.5. The molecule has 1 aliphatic rings. The molecule has 2 amide bonds. The van der Waals surface area contributed by atoms with Gasteiger partial charge >= 0.3 is 0 Å². The third-order valence-electron chi connectivity index (χ3n) is 2.71. The molecule has 1 aromatic carbocycles. The summed E-state index contributed by atoms with van der Waals surface area (Å²) in [7, 11) is 0. The van der Waals surface area contributed by atoms with Gasteiger partial charge in [-0.1, -0.05) is 35.9 Å². The van der Waals surface area contributed by atoms with Gasteiger partial charge in [0.2, 0.25) is 0 Å². The first-order valence-electron chi connectivity index (χ1n) is 5.61. The van der Waals surface area contributed by atoms with Crippen molar-refractivity contribution in [2.75, 3.05) is 5.01 Å². The number of hydrogen-bond donors (Lipinski definition) is 1. The molecule has 1 N–H and O–H groups in total. The van der Waals surface area contributed by atoms with Crippen LogP contribution in [0, 0.1) is 5.92 Å². The number of halogens is 1. The summed E-state index contributed by atoms with van der Waals surface area (Å²) in [4.78, 5) is 23.8. The van der Waals surface area contributed by atoms with Crippen LogP contribution in [-0.4, -0.2) is 11.8 Å². The number of carbonyl (C=O) groups is 2. The van der Waals surface area contributed by atoms with E-state index in [-0.39, 0.29) is 11.8 Å². The lowest BCUT2D eigenvalue weighted by Gasteiger charge is -2.14. The fraction of sp³-hybridized carbons (Fsp3) is 0.231.